The highest BCUT2D eigenvalue weighted by Gasteiger charge is 2.37. The van der Waals surface area contributed by atoms with E-state index in [9.17, 15) is 14.4 Å². The number of hydrogen-bond donors (Lipinski definition) is 0. The van der Waals surface area contributed by atoms with E-state index >= 15 is 0 Å². The number of aromatic nitrogens is 1. The molecule has 2 heterocycles. The van der Waals surface area contributed by atoms with E-state index in [1.807, 2.05) is 32.0 Å². The first-order chi connectivity index (χ1) is 16.7. The van der Waals surface area contributed by atoms with Gasteiger partial charge in [-0.05, 0) is 59.2 Å². The van der Waals surface area contributed by atoms with Gasteiger partial charge in [0.25, 0.3) is 11.5 Å². The Morgan fingerprint density at radius 1 is 0.971 bits per heavy atom. The normalized spacial score (nSPS) is 17.1. The highest BCUT2D eigenvalue weighted by Crippen LogP contribution is 2.36. The van der Waals surface area contributed by atoms with Crippen LogP contribution in [0.5, 0.6) is 0 Å². The maximum Gasteiger partial charge on any atom is 0.268 e. The Morgan fingerprint density at radius 3 is 2.34 bits per heavy atom. The quantitative estimate of drug-likeness (QED) is 0.486. The van der Waals surface area contributed by atoms with Gasteiger partial charge in [-0.3, -0.25) is 19.0 Å². The molecular formula is C29H27ClN2O3. The standard InChI is InChI=1S/C29H27ClN2O3/c1-29(2)16-23-24(25(33)17-29)18-32(22-10-8-21(30)9-11-22)28(35)26(23)27(34)31-14-12-20(13-15-31)19-6-4-3-5-7-19/h3-12,18H,13-17H2,1-2H3. The van der Waals surface area contributed by atoms with Crippen molar-refractivity contribution in [1.29, 1.82) is 0 Å². The number of nitrogens with zero attached hydrogens (tertiary/aromatic N) is 2. The average Bonchev–Trinajstić information content (AvgIpc) is 2.84. The molecule has 178 valence electrons. The van der Waals surface area contributed by atoms with E-state index < -0.39 is 5.56 Å². The molecule has 5 nitrogen and oxygen atoms in total. The van der Waals surface area contributed by atoms with Gasteiger partial charge in [-0.1, -0.05) is 61.9 Å². The van der Waals surface area contributed by atoms with Crippen molar-refractivity contribution in [2.45, 2.75) is 33.1 Å². The summed E-state index contributed by atoms with van der Waals surface area (Å²) in [6.45, 7) is 4.94. The van der Waals surface area contributed by atoms with Crippen LogP contribution in [0, 0.1) is 5.41 Å². The first-order valence-corrected chi connectivity index (χ1v) is 12.2. The van der Waals surface area contributed by atoms with Gasteiger partial charge in [0.05, 0.1) is 0 Å². The zero-order valence-electron chi connectivity index (χ0n) is 19.9. The summed E-state index contributed by atoms with van der Waals surface area (Å²) in [5.74, 6) is -0.360. The van der Waals surface area contributed by atoms with Crippen LogP contribution in [0.25, 0.3) is 11.3 Å². The zero-order chi connectivity index (χ0) is 24.7. The molecule has 6 heteroatoms. The number of hydrogen-bond acceptors (Lipinski definition) is 3. The van der Waals surface area contributed by atoms with Crippen LogP contribution in [0.15, 0.2) is 71.7 Å². The molecule has 0 saturated carbocycles. The third kappa shape index (κ3) is 4.48. The SMILES string of the molecule is CC1(C)CC(=O)c2cn(-c3ccc(Cl)cc3)c(=O)c(C(=O)N3CC=C(c4ccccc4)CC3)c2C1. The van der Waals surface area contributed by atoms with E-state index in [2.05, 4.69) is 18.2 Å². The molecule has 0 atom stereocenters. The van der Waals surface area contributed by atoms with E-state index in [-0.39, 0.29) is 22.7 Å². The summed E-state index contributed by atoms with van der Waals surface area (Å²) in [5.41, 5.74) is 3.33. The minimum absolute atomic E-state index is 0.0436. The molecule has 3 aromatic rings. The van der Waals surface area contributed by atoms with Crippen molar-refractivity contribution in [2.75, 3.05) is 13.1 Å². The Kier molecular flexibility index (Phi) is 5.97. The van der Waals surface area contributed by atoms with Gasteiger partial charge in [-0.25, -0.2) is 0 Å². The van der Waals surface area contributed by atoms with Crippen molar-refractivity contribution < 1.29 is 9.59 Å². The minimum Gasteiger partial charge on any atom is -0.334 e. The maximum absolute atomic E-state index is 13.8. The predicted molar refractivity (Wildman–Crippen MR) is 138 cm³/mol. The first kappa shape index (κ1) is 23.3. The summed E-state index contributed by atoms with van der Waals surface area (Å²) in [4.78, 5) is 42.5. The molecule has 0 radical (unpaired) electrons. The summed E-state index contributed by atoms with van der Waals surface area (Å²) in [6, 6.07) is 16.9. The molecule has 0 bridgehead atoms. The average molecular weight is 487 g/mol. The number of amides is 1. The second-order valence-corrected chi connectivity index (χ2v) is 10.5. The third-order valence-electron chi connectivity index (χ3n) is 6.87. The van der Waals surface area contributed by atoms with Crippen molar-refractivity contribution in [3.05, 3.63) is 105 Å². The Labute approximate surface area is 209 Å². The first-order valence-electron chi connectivity index (χ1n) is 11.8. The molecule has 2 aliphatic rings. The molecule has 5 rings (SSSR count). The fourth-order valence-electron chi connectivity index (χ4n) is 5.08. The van der Waals surface area contributed by atoms with E-state index in [0.717, 1.165) is 5.56 Å². The number of carbonyl (C=O) groups excluding carboxylic acids is 2. The summed E-state index contributed by atoms with van der Waals surface area (Å²) >= 11 is 6.04. The molecule has 1 aliphatic heterocycles. The molecule has 0 saturated heterocycles. The number of benzene rings is 2. The lowest BCUT2D eigenvalue weighted by molar-refractivity contribution is 0.0768. The van der Waals surface area contributed by atoms with Crippen molar-refractivity contribution in [1.82, 2.24) is 9.47 Å². The fourth-order valence-corrected chi connectivity index (χ4v) is 5.21. The Morgan fingerprint density at radius 2 is 1.69 bits per heavy atom. The molecule has 0 spiro atoms. The Hall–Kier alpha value is -3.44. The predicted octanol–water partition coefficient (Wildman–Crippen LogP) is 5.58. The summed E-state index contributed by atoms with van der Waals surface area (Å²) < 4.78 is 1.41. The lowest BCUT2D eigenvalue weighted by Crippen LogP contribution is -2.42. The molecule has 0 unspecified atom stereocenters. The largest absolute Gasteiger partial charge is 0.334 e. The van der Waals surface area contributed by atoms with Crippen LogP contribution in [0.1, 0.15) is 58.5 Å². The van der Waals surface area contributed by atoms with Crippen LogP contribution in [0.2, 0.25) is 5.02 Å². The van der Waals surface area contributed by atoms with Gasteiger partial charge in [-0.2, -0.15) is 0 Å². The fraction of sp³-hybridized carbons (Fsp3) is 0.276. The molecule has 0 N–H and O–H groups in total. The Bertz CT molecular complexity index is 1400. The lowest BCUT2D eigenvalue weighted by atomic mass is 9.73. The van der Waals surface area contributed by atoms with Crippen molar-refractivity contribution >= 4 is 28.9 Å². The molecular weight excluding hydrogens is 460 g/mol. The van der Waals surface area contributed by atoms with E-state index in [4.69, 9.17) is 11.6 Å². The van der Waals surface area contributed by atoms with E-state index in [1.165, 1.54) is 10.1 Å². The zero-order valence-corrected chi connectivity index (χ0v) is 20.6. The molecule has 1 amide bonds. The number of carbonyl (C=O) groups is 2. The van der Waals surface area contributed by atoms with Gasteiger partial charge < -0.3 is 4.90 Å². The molecule has 35 heavy (non-hydrogen) atoms. The van der Waals surface area contributed by atoms with Gasteiger partial charge in [0, 0.05) is 42.0 Å². The third-order valence-corrected chi connectivity index (χ3v) is 7.12. The number of ketones is 1. The highest BCUT2D eigenvalue weighted by molar-refractivity contribution is 6.30. The van der Waals surface area contributed by atoms with Gasteiger partial charge in [-0.15, -0.1) is 0 Å². The summed E-state index contributed by atoms with van der Waals surface area (Å²) in [6.07, 6.45) is 5.24. The van der Waals surface area contributed by atoms with Crippen molar-refractivity contribution in [3.63, 3.8) is 0 Å². The molecule has 0 fully saturated rings. The van der Waals surface area contributed by atoms with Crippen molar-refractivity contribution in [3.8, 4) is 5.69 Å². The summed E-state index contributed by atoms with van der Waals surface area (Å²) in [7, 11) is 0. The van der Waals surface area contributed by atoms with Crippen LogP contribution in [-0.2, 0) is 6.42 Å². The smallest absolute Gasteiger partial charge is 0.268 e. The monoisotopic (exact) mass is 486 g/mol. The Balaban J connectivity index is 1.59. The maximum atomic E-state index is 13.8. The second kappa shape index (κ2) is 8.97. The number of fused-ring (bicyclic) bond motifs is 1. The lowest BCUT2D eigenvalue weighted by Gasteiger charge is -2.33. The van der Waals surface area contributed by atoms with Gasteiger partial charge in [0.1, 0.15) is 5.56 Å². The molecule has 1 aliphatic carbocycles. The second-order valence-electron chi connectivity index (χ2n) is 10.1. The number of rotatable bonds is 3. The number of halogens is 1. The van der Waals surface area contributed by atoms with E-state index in [0.29, 0.717) is 54.2 Å². The van der Waals surface area contributed by atoms with Crippen LogP contribution in [0.3, 0.4) is 0 Å². The van der Waals surface area contributed by atoms with Gasteiger partial charge in [0.2, 0.25) is 0 Å². The van der Waals surface area contributed by atoms with Crippen molar-refractivity contribution in [2.24, 2.45) is 5.41 Å². The minimum atomic E-state index is -0.403. The number of Topliss-reactive ketones (excluding diaryl/α,β-unsaturated/α-hetero) is 1. The summed E-state index contributed by atoms with van der Waals surface area (Å²) in [5, 5.41) is 0.545. The number of pyridine rings is 1. The van der Waals surface area contributed by atoms with Gasteiger partial charge >= 0.3 is 0 Å². The van der Waals surface area contributed by atoms with Crippen LogP contribution in [-0.4, -0.2) is 34.2 Å². The van der Waals surface area contributed by atoms with Crippen LogP contribution in [0.4, 0.5) is 0 Å². The highest BCUT2D eigenvalue weighted by atomic mass is 35.5. The van der Waals surface area contributed by atoms with Crippen LogP contribution >= 0.6 is 11.6 Å². The topological polar surface area (TPSA) is 59.4 Å². The molecule has 1 aromatic heterocycles. The van der Waals surface area contributed by atoms with Gasteiger partial charge in [0.15, 0.2) is 5.78 Å². The van der Waals surface area contributed by atoms with Crippen LogP contribution < -0.4 is 5.56 Å². The molecule has 2 aromatic carbocycles. The van der Waals surface area contributed by atoms with E-state index in [1.54, 1.807) is 35.4 Å².